The van der Waals surface area contributed by atoms with Crippen molar-refractivity contribution < 1.29 is 9.53 Å². The van der Waals surface area contributed by atoms with Crippen LogP contribution >= 0.6 is 0 Å². The minimum Gasteiger partial charge on any atom is -0.495 e. The minimum atomic E-state index is -0.186. The predicted molar refractivity (Wildman–Crippen MR) is 77.2 cm³/mol. The van der Waals surface area contributed by atoms with Crippen LogP contribution in [0.2, 0.25) is 0 Å². The number of nitrogens with two attached hydrogens (primary N) is 1. The molecule has 0 aliphatic heterocycles. The number of nitrogen functional groups attached to an aromatic ring is 1. The fourth-order valence-electron chi connectivity index (χ4n) is 2.85. The number of ether oxygens (including phenoxy) is 1. The van der Waals surface area contributed by atoms with Crippen LogP contribution in [0, 0.1) is 5.41 Å². The number of nitrogens with one attached hydrogen (secondary N) is 1. The summed E-state index contributed by atoms with van der Waals surface area (Å²) in [5.41, 5.74) is 6.90. The Morgan fingerprint density at radius 1 is 1.42 bits per heavy atom. The topological polar surface area (TPSA) is 64.4 Å². The lowest BCUT2D eigenvalue weighted by Crippen LogP contribution is -2.33. The van der Waals surface area contributed by atoms with Gasteiger partial charge in [-0.05, 0) is 31.4 Å². The third-order valence-corrected chi connectivity index (χ3v) is 4.21. The van der Waals surface area contributed by atoms with Gasteiger partial charge in [-0.1, -0.05) is 19.8 Å². The van der Waals surface area contributed by atoms with Crippen LogP contribution in [0.4, 0.5) is 11.4 Å². The van der Waals surface area contributed by atoms with Gasteiger partial charge in [0.25, 0.3) is 0 Å². The standard InChI is InChI=1S/C15H22N2O2/c1-3-15(8-4-5-9-15)14(18)17-11-6-7-12(16)13(10-11)19-2/h6-7,10H,3-5,8-9,16H2,1-2H3,(H,17,18). The van der Waals surface area contributed by atoms with Gasteiger partial charge in [0.2, 0.25) is 5.91 Å². The first-order valence-corrected chi connectivity index (χ1v) is 6.86. The molecule has 1 aliphatic carbocycles. The van der Waals surface area contributed by atoms with Gasteiger partial charge < -0.3 is 15.8 Å². The monoisotopic (exact) mass is 262 g/mol. The Kier molecular flexibility index (Phi) is 3.98. The molecular formula is C15H22N2O2. The maximum absolute atomic E-state index is 12.5. The van der Waals surface area contributed by atoms with Crippen molar-refractivity contribution in [1.29, 1.82) is 0 Å². The van der Waals surface area contributed by atoms with E-state index >= 15 is 0 Å². The van der Waals surface area contributed by atoms with E-state index in [1.165, 1.54) is 0 Å². The van der Waals surface area contributed by atoms with E-state index in [9.17, 15) is 4.79 Å². The summed E-state index contributed by atoms with van der Waals surface area (Å²) in [4.78, 5) is 12.5. The van der Waals surface area contributed by atoms with Crippen LogP contribution in [0.3, 0.4) is 0 Å². The Hall–Kier alpha value is -1.71. The molecule has 1 aromatic carbocycles. The van der Waals surface area contributed by atoms with Crippen LogP contribution in [0.15, 0.2) is 18.2 Å². The van der Waals surface area contributed by atoms with Crippen molar-refractivity contribution in [3.63, 3.8) is 0 Å². The van der Waals surface area contributed by atoms with Gasteiger partial charge in [0, 0.05) is 17.2 Å². The highest BCUT2D eigenvalue weighted by atomic mass is 16.5. The van der Waals surface area contributed by atoms with E-state index in [4.69, 9.17) is 10.5 Å². The molecule has 0 bridgehead atoms. The number of rotatable bonds is 4. The second-order valence-electron chi connectivity index (χ2n) is 5.25. The van der Waals surface area contributed by atoms with Crippen molar-refractivity contribution in [2.75, 3.05) is 18.2 Å². The molecule has 0 unspecified atom stereocenters. The van der Waals surface area contributed by atoms with Gasteiger partial charge in [-0.15, -0.1) is 0 Å². The first-order valence-electron chi connectivity index (χ1n) is 6.86. The van der Waals surface area contributed by atoms with Gasteiger partial charge in [-0.3, -0.25) is 4.79 Å². The SMILES string of the molecule is CCC1(C(=O)Nc2ccc(N)c(OC)c2)CCCC1. The molecule has 2 rings (SSSR count). The molecule has 0 aromatic heterocycles. The van der Waals surface area contributed by atoms with E-state index in [0.29, 0.717) is 11.4 Å². The lowest BCUT2D eigenvalue weighted by Gasteiger charge is -2.26. The second kappa shape index (κ2) is 5.51. The van der Waals surface area contributed by atoms with Crippen molar-refractivity contribution >= 4 is 17.3 Å². The molecule has 4 nitrogen and oxygen atoms in total. The van der Waals surface area contributed by atoms with Gasteiger partial charge in [-0.2, -0.15) is 0 Å². The van der Waals surface area contributed by atoms with E-state index in [0.717, 1.165) is 37.8 Å². The molecule has 3 N–H and O–H groups in total. The molecule has 104 valence electrons. The molecule has 0 atom stereocenters. The Labute approximate surface area is 114 Å². The van der Waals surface area contributed by atoms with Crippen LogP contribution in [0.1, 0.15) is 39.0 Å². The number of carbonyl (C=O) groups is 1. The highest BCUT2D eigenvalue weighted by Crippen LogP contribution is 2.42. The molecule has 1 aliphatic rings. The highest BCUT2D eigenvalue weighted by Gasteiger charge is 2.39. The molecule has 1 saturated carbocycles. The first-order chi connectivity index (χ1) is 9.11. The number of methoxy groups -OCH3 is 1. The first kappa shape index (κ1) is 13.7. The van der Waals surface area contributed by atoms with Crippen LogP contribution < -0.4 is 15.8 Å². The number of anilines is 2. The molecule has 19 heavy (non-hydrogen) atoms. The summed E-state index contributed by atoms with van der Waals surface area (Å²) in [7, 11) is 1.57. The zero-order chi connectivity index (χ0) is 13.9. The van der Waals surface area contributed by atoms with Crippen LogP contribution in [-0.2, 0) is 4.79 Å². The third kappa shape index (κ3) is 2.67. The van der Waals surface area contributed by atoms with E-state index < -0.39 is 0 Å². The van der Waals surface area contributed by atoms with Crippen molar-refractivity contribution in [1.82, 2.24) is 0 Å². The van der Waals surface area contributed by atoms with E-state index in [-0.39, 0.29) is 11.3 Å². The average molecular weight is 262 g/mol. The van der Waals surface area contributed by atoms with Gasteiger partial charge >= 0.3 is 0 Å². The van der Waals surface area contributed by atoms with E-state index in [1.807, 2.05) is 6.07 Å². The summed E-state index contributed by atoms with van der Waals surface area (Å²) in [5, 5.41) is 3.00. The number of amides is 1. The van der Waals surface area contributed by atoms with Crippen LogP contribution in [0.5, 0.6) is 5.75 Å². The van der Waals surface area contributed by atoms with E-state index in [2.05, 4.69) is 12.2 Å². The smallest absolute Gasteiger partial charge is 0.230 e. The molecule has 1 fully saturated rings. The van der Waals surface area contributed by atoms with Crippen molar-refractivity contribution in [2.24, 2.45) is 5.41 Å². The highest BCUT2D eigenvalue weighted by molar-refractivity contribution is 5.95. The summed E-state index contributed by atoms with van der Waals surface area (Å²) in [6.07, 6.45) is 5.16. The lowest BCUT2D eigenvalue weighted by molar-refractivity contribution is -0.125. The lowest BCUT2D eigenvalue weighted by atomic mass is 9.82. The molecule has 0 spiro atoms. The zero-order valence-electron chi connectivity index (χ0n) is 11.7. The van der Waals surface area contributed by atoms with Crippen molar-refractivity contribution in [2.45, 2.75) is 39.0 Å². The molecule has 0 heterocycles. The van der Waals surface area contributed by atoms with Gasteiger partial charge in [-0.25, -0.2) is 0 Å². The fourth-order valence-corrected chi connectivity index (χ4v) is 2.85. The van der Waals surface area contributed by atoms with Gasteiger partial charge in [0.1, 0.15) is 5.75 Å². The Bertz CT molecular complexity index is 465. The average Bonchev–Trinajstić information content (AvgIpc) is 2.91. The Morgan fingerprint density at radius 2 is 2.11 bits per heavy atom. The van der Waals surface area contributed by atoms with Crippen LogP contribution in [-0.4, -0.2) is 13.0 Å². The number of hydrogen-bond acceptors (Lipinski definition) is 3. The second-order valence-corrected chi connectivity index (χ2v) is 5.25. The summed E-state index contributed by atoms with van der Waals surface area (Å²) in [6, 6.07) is 5.33. The quantitative estimate of drug-likeness (QED) is 0.819. The zero-order valence-corrected chi connectivity index (χ0v) is 11.7. The Morgan fingerprint density at radius 3 is 2.68 bits per heavy atom. The van der Waals surface area contributed by atoms with Gasteiger partial charge in [0.05, 0.1) is 12.8 Å². The molecule has 1 aromatic rings. The summed E-state index contributed by atoms with van der Waals surface area (Å²) in [5.74, 6) is 0.717. The normalized spacial score (nSPS) is 17.2. The van der Waals surface area contributed by atoms with E-state index in [1.54, 1.807) is 19.2 Å². The predicted octanol–water partition coefficient (Wildman–Crippen LogP) is 3.19. The number of carbonyl (C=O) groups excluding carboxylic acids is 1. The number of hydrogen-bond donors (Lipinski definition) is 2. The summed E-state index contributed by atoms with van der Waals surface area (Å²) >= 11 is 0. The number of benzene rings is 1. The molecule has 4 heteroatoms. The van der Waals surface area contributed by atoms with Crippen molar-refractivity contribution in [3.8, 4) is 5.75 Å². The maximum Gasteiger partial charge on any atom is 0.230 e. The Balaban J connectivity index is 2.14. The molecule has 0 radical (unpaired) electrons. The van der Waals surface area contributed by atoms with Crippen LogP contribution in [0.25, 0.3) is 0 Å². The summed E-state index contributed by atoms with van der Waals surface area (Å²) in [6.45, 7) is 2.09. The molecule has 1 amide bonds. The minimum absolute atomic E-state index is 0.124. The molecular weight excluding hydrogens is 240 g/mol. The summed E-state index contributed by atoms with van der Waals surface area (Å²) < 4.78 is 5.17. The fraction of sp³-hybridized carbons (Fsp3) is 0.533. The third-order valence-electron chi connectivity index (χ3n) is 4.21. The van der Waals surface area contributed by atoms with Gasteiger partial charge in [0.15, 0.2) is 0 Å². The molecule has 0 saturated heterocycles. The van der Waals surface area contributed by atoms with Crippen molar-refractivity contribution in [3.05, 3.63) is 18.2 Å². The maximum atomic E-state index is 12.5. The largest absolute Gasteiger partial charge is 0.495 e.